The van der Waals surface area contributed by atoms with Crippen molar-refractivity contribution in [2.75, 3.05) is 13.7 Å². The minimum absolute atomic E-state index is 0. The van der Waals surface area contributed by atoms with Crippen LogP contribution in [0.25, 0.3) is 0 Å². The summed E-state index contributed by atoms with van der Waals surface area (Å²) in [6.45, 7) is 2.07. The van der Waals surface area contributed by atoms with Gasteiger partial charge in [0.1, 0.15) is 17.9 Å². The van der Waals surface area contributed by atoms with E-state index in [0.717, 1.165) is 0 Å². The number of methoxy groups -OCH3 is 1. The first-order valence-corrected chi connectivity index (χ1v) is 6.19. The zero-order valence-corrected chi connectivity index (χ0v) is 12.2. The fourth-order valence-electron chi connectivity index (χ4n) is 2.15. The first kappa shape index (κ1) is 16.5. The van der Waals surface area contributed by atoms with Gasteiger partial charge >= 0.3 is 5.97 Å². The third-order valence-corrected chi connectivity index (χ3v) is 3.14. The summed E-state index contributed by atoms with van der Waals surface area (Å²) in [5, 5.41) is 3.04. The molecular formula is C14H18ClNO4. The summed E-state index contributed by atoms with van der Waals surface area (Å²) in [5.74, 6) is 0.240. The molecule has 1 aliphatic heterocycles. The van der Waals surface area contributed by atoms with Crippen LogP contribution in [0.1, 0.15) is 23.7 Å². The van der Waals surface area contributed by atoms with Crippen LogP contribution in [0.4, 0.5) is 0 Å². The predicted molar refractivity (Wildman–Crippen MR) is 76.5 cm³/mol. The van der Waals surface area contributed by atoms with Crippen molar-refractivity contribution in [1.29, 1.82) is 0 Å². The summed E-state index contributed by atoms with van der Waals surface area (Å²) < 4.78 is 10.5. The Balaban J connectivity index is 0.00000200. The number of benzene rings is 1. The molecule has 0 saturated carbocycles. The molecule has 1 aromatic rings. The largest absolute Gasteiger partial charge is 0.488 e. The SMILES string of the molecule is COC(=O)C1CC(Oc2ccccc2C(C)=O)CN1.Cl. The standard InChI is InChI=1S/C14H17NO4.ClH/c1-9(16)11-5-3-4-6-13(11)19-10-7-12(15-8-10)14(17)18-2;/h3-6,10,12,15H,7-8H2,1-2H3;1H. The molecule has 1 N–H and O–H groups in total. The van der Waals surface area contributed by atoms with E-state index in [2.05, 4.69) is 10.1 Å². The van der Waals surface area contributed by atoms with E-state index in [1.54, 1.807) is 18.2 Å². The van der Waals surface area contributed by atoms with Gasteiger partial charge in [-0.25, -0.2) is 0 Å². The number of ketones is 1. The molecule has 0 aromatic heterocycles. The van der Waals surface area contributed by atoms with Crippen LogP contribution in [0.15, 0.2) is 24.3 Å². The van der Waals surface area contributed by atoms with Crippen LogP contribution < -0.4 is 10.1 Å². The van der Waals surface area contributed by atoms with Gasteiger partial charge in [-0.15, -0.1) is 12.4 Å². The maximum Gasteiger partial charge on any atom is 0.323 e. The number of rotatable bonds is 4. The van der Waals surface area contributed by atoms with Gasteiger partial charge in [-0.2, -0.15) is 0 Å². The van der Waals surface area contributed by atoms with Gasteiger partial charge in [0.2, 0.25) is 0 Å². The van der Waals surface area contributed by atoms with Gasteiger partial charge < -0.3 is 14.8 Å². The van der Waals surface area contributed by atoms with E-state index in [0.29, 0.717) is 24.3 Å². The van der Waals surface area contributed by atoms with Crippen molar-refractivity contribution in [3.8, 4) is 5.75 Å². The predicted octanol–water partition coefficient (Wildman–Crippen LogP) is 1.59. The third-order valence-electron chi connectivity index (χ3n) is 3.14. The van der Waals surface area contributed by atoms with Gasteiger partial charge in [-0.3, -0.25) is 9.59 Å². The zero-order chi connectivity index (χ0) is 13.8. The maximum atomic E-state index is 11.5. The number of ether oxygens (including phenoxy) is 2. The Hall–Kier alpha value is -1.59. The van der Waals surface area contributed by atoms with Crippen LogP contribution in [0.2, 0.25) is 0 Å². The number of Topliss-reactive ketones (excluding diaryl/α,β-unsaturated/α-hetero) is 1. The van der Waals surface area contributed by atoms with Crippen molar-refractivity contribution in [2.45, 2.75) is 25.5 Å². The highest BCUT2D eigenvalue weighted by Crippen LogP contribution is 2.22. The van der Waals surface area contributed by atoms with E-state index in [1.165, 1.54) is 14.0 Å². The molecule has 0 amide bonds. The average Bonchev–Trinajstić information content (AvgIpc) is 2.86. The van der Waals surface area contributed by atoms with Gasteiger partial charge in [-0.1, -0.05) is 12.1 Å². The molecule has 1 heterocycles. The molecule has 1 fully saturated rings. The minimum atomic E-state index is -0.334. The van der Waals surface area contributed by atoms with Crippen LogP contribution in [-0.4, -0.2) is 37.6 Å². The third kappa shape index (κ3) is 3.71. The zero-order valence-electron chi connectivity index (χ0n) is 11.4. The molecule has 1 aromatic carbocycles. The molecule has 0 bridgehead atoms. The Morgan fingerprint density at radius 1 is 1.30 bits per heavy atom. The van der Waals surface area contributed by atoms with Crippen molar-refractivity contribution in [1.82, 2.24) is 5.32 Å². The second-order valence-electron chi connectivity index (χ2n) is 4.51. The number of halogens is 1. The molecule has 2 atom stereocenters. The average molecular weight is 300 g/mol. The summed E-state index contributed by atoms with van der Waals surface area (Å²) in [5.41, 5.74) is 0.559. The highest BCUT2D eigenvalue weighted by atomic mass is 35.5. The van der Waals surface area contributed by atoms with Crippen LogP contribution in [0.5, 0.6) is 5.75 Å². The summed E-state index contributed by atoms with van der Waals surface area (Å²) in [4.78, 5) is 22.9. The van der Waals surface area contributed by atoms with Crippen LogP contribution in [0, 0.1) is 0 Å². The number of carbonyl (C=O) groups is 2. The monoisotopic (exact) mass is 299 g/mol. The lowest BCUT2D eigenvalue weighted by atomic mass is 10.1. The van der Waals surface area contributed by atoms with Crippen molar-refractivity contribution in [2.24, 2.45) is 0 Å². The molecule has 1 aliphatic rings. The normalized spacial score (nSPS) is 20.9. The van der Waals surface area contributed by atoms with Crippen LogP contribution >= 0.6 is 12.4 Å². The molecule has 2 unspecified atom stereocenters. The van der Waals surface area contributed by atoms with Crippen molar-refractivity contribution < 1.29 is 19.1 Å². The number of hydrogen-bond acceptors (Lipinski definition) is 5. The lowest BCUT2D eigenvalue weighted by Crippen LogP contribution is -2.31. The van der Waals surface area contributed by atoms with Gasteiger partial charge in [0.25, 0.3) is 0 Å². The quantitative estimate of drug-likeness (QED) is 0.676. The molecule has 1 saturated heterocycles. The highest BCUT2D eigenvalue weighted by molar-refractivity contribution is 5.96. The topological polar surface area (TPSA) is 64.6 Å². The van der Waals surface area contributed by atoms with Crippen LogP contribution in [0.3, 0.4) is 0 Å². The van der Waals surface area contributed by atoms with E-state index >= 15 is 0 Å². The van der Waals surface area contributed by atoms with Gasteiger partial charge in [0.05, 0.1) is 12.7 Å². The first-order chi connectivity index (χ1) is 9.11. The molecule has 5 nitrogen and oxygen atoms in total. The number of nitrogens with one attached hydrogen (secondary N) is 1. The maximum absolute atomic E-state index is 11.5. The Labute approximate surface area is 124 Å². The highest BCUT2D eigenvalue weighted by Gasteiger charge is 2.31. The molecular weight excluding hydrogens is 282 g/mol. The van der Waals surface area contributed by atoms with Gasteiger partial charge in [0, 0.05) is 13.0 Å². The number of esters is 1. The molecule has 0 radical (unpaired) electrons. The molecule has 0 spiro atoms. The first-order valence-electron chi connectivity index (χ1n) is 6.19. The van der Waals surface area contributed by atoms with Crippen molar-refractivity contribution in [3.05, 3.63) is 29.8 Å². The second-order valence-corrected chi connectivity index (χ2v) is 4.51. The lowest BCUT2D eigenvalue weighted by Gasteiger charge is -2.15. The van der Waals surface area contributed by atoms with Crippen molar-refractivity contribution in [3.63, 3.8) is 0 Å². The van der Waals surface area contributed by atoms with E-state index in [4.69, 9.17) is 4.74 Å². The number of hydrogen-bond donors (Lipinski definition) is 1. The second kappa shape index (κ2) is 7.26. The number of carbonyl (C=O) groups excluding carboxylic acids is 2. The molecule has 2 rings (SSSR count). The van der Waals surface area contributed by atoms with Crippen LogP contribution in [-0.2, 0) is 9.53 Å². The summed E-state index contributed by atoms with van der Waals surface area (Å²) in [6.07, 6.45) is 0.406. The molecule has 20 heavy (non-hydrogen) atoms. The van der Waals surface area contributed by atoms with Gasteiger partial charge in [0.15, 0.2) is 5.78 Å². The summed E-state index contributed by atoms with van der Waals surface area (Å²) in [7, 11) is 1.36. The Morgan fingerprint density at radius 3 is 2.65 bits per heavy atom. The Kier molecular flexibility index (Phi) is 5.98. The Bertz CT molecular complexity index is 492. The minimum Gasteiger partial charge on any atom is -0.488 e. The fourth-order valence-corrected chi connectivity index (χ4v) is 2.15. The van der Waals surface area contributed by atoms with E-state index in [-0.39, 0.29) is 36.3 Å². The summed E-state index contributed by atoms with van der Waals surface area (Å²) in [6, 6.07) is 6.79. The van der Waals surface area contributed by atoms with E-state index < -0.39 is 0 Å². The van der Waals surface area contributed by atoms with E-state index in [1.807, 2.05) is 6.07 Å². The lowest BCUT2D eigenvalue weighted by molar-refractivity contribution is -0.142. The van der Waals surface area contributed by atoms with E-state index in [9.17, 15) is 9.59 Å². The molecule has 110 valence electrons. The van der Waals surface area contributed by atoms with Crippen molar-refractivity contribution >= 4 is 24.2 Å². The summed E-state index contributed by atoms with van der Waals surface area (Å²) >= 11 is 0. The number of para-hydroxylation sites is 1. The molecule has 0 aliphatic carbocycles. The molecule has 6 heteroatoms. The Morgan fingerprint density at radius 2 is 2.00 bits per heavy atom. The smallest absolute Gasteiger partial charge is 0.323 e. The fraction of sp³-hybridized carbons (Fsp3) is 0.429. The van der Waals surface area contributed by atoms with Gasteiger partial charge in [-0.05, 0) is 19.1 Å².